The minimum absolute atomic E-state index is 0.417. The van der Waals surface area contributed by atoms with Crippen molar-refractivity contribution in [2.45, 2.75) is 0 Å². The van der Waals surface area contributed by atoms with Crippen LogP contribution in [0.2, 0.25) is 0 Å². The monoisotopic (exact) mass is 442 g/mol. The first kappa shape index (κ1) is 16.3. The van der Waals surface area contributed by atoms with Crippen LogP contribution < -0.4 is 22.2 Å². The molecule has 6 nitrogen and oxygen atoms in total. The van der Waals surface area contributed by atoms with E-state index in [0.29, 0.717) is 40.3 Å². The van der Waals surface area contributed by atoms with Gasteiger partial charge in [-0.2, -0.15) is 0 Å². The predicted octanol–water partition coefficient (Wildman–Crippen LogP) is 3.80. The summed E-state index contributed by atoms with van der Waals surface area (Å²) in [6, 6.07) is 3.38. The van der Waals surface area contributed by atoms with Crippen LogP contribution in [0.25, 0.3) is 49.7 Å². The number of aromatic nitrogens is 2. The van der Waals surface area contributed by atoms with Crippen LogP contribution in [-0.4, -0.2) is 9.97 Å². The van der Waals surface area contributed by atoms with E-state index in [1.807, 2.05) is 0 Å². The molecule has 0 atom stereocenters. The summed E-state index contributed by atoms with van der Waals surface area (Å²) < 4.78 is 4.16. The van der Waals surface area contributed by atoms with E-state index in [-0.39, 0.29) is 0 Å². The lowest BCUT2D eigenvalue weighted by Crippen LogP contribution is -2.13. The summed E-state index contributed by atoms with van der Waals surface area (Å²) in [6.07, 6.45) is 0. The first-order valence-corrected chi connectivity index (χ1v) is 11.4. The van der Waals surface area contributed by atoms with Gasteiger partial charge in [0.25, 0.3) is 22.2 Å². The first-order chi connectivity index (χ1) is 13.5. The predicted molar refractivity (Wildman–Crippen MR) is 119 cm³/mol. The van der Waals surface area contributed by atoms with Crippen LogP contribution in [0.5, 0.6) is 0 Å². The quantitative estimate of drug-likeness (QED) is 0.374. The molecule has 10 heteroatoms. The molecule has 2 N–H and O–H groups in total. The number of fused-ring (bicyclic) bond motifs is 9. The summed E-state index contributed by atoms with van der Waals surface area (Å²) in [5.41, 5.74) is -1.76. The van der Waals surface area contributed by atoms with Gasteiger partial charge in [0.05, 0.1) is 49.7 Å². The molecule has 6 heterocycles. The molecule has 0 spiro atoms. The highest BCUT2D eigenvalue weighted by Crippen LogP contribution is 2.45. The minimum Gasteiger partial charge on any atom is -0.288 e. The molecule has 0 radical (unpaired) electrons. The maximum absolute atomic E-state index is 12.8. The molecule has 0 unspecified atom stereocenters. The normalized spacial score (nSPS) is 12.1. The molecule has 6 rings (SSSR count). The van der Waals surface area contributed by atoms with E-state index < -0.39 is 22.2 Å². The zero-order chi connectivity index (χ0) is 19.2. The molecule has 136 valence electrons. The fraction of sp³-hybridized carbons (Fsp3) is 0. The lowest BCUT2D eigenvalue weighted by Gasteiger charge is -1.84. The van der Waals surface area contributed by atoms with E-state index in [9.17, 15) is 19.2 Å². The van der Waals surface area contributed by atoms with Gasteiger partial charge in [-0.05, 0) is 22.9 Å². The molecule has 0 aliphatic heterocycles. The van der Waals surface area contributed by atoms with Crippen LogP contribution in [0.4, 0.5) is 0 Å². The van der Waals surface area contributed by atoms with Crippen LogP contribution in [0.1, 0.15) is 0 Å². The van der Waals surface area contributed by atoms with E-state index in [1.165, 1.54) is 45.3 Å². The first-order valence-electron chi connectivity index (χ1n) is 8.01. The highest BCUT2D eigenvalue weighted by atomic mass is 32.1. The third kappa shape index (κ3) is 1.95. The number of rotatable bonds is 0. The van der Waals surface area contributed by atoms with Gasteiger partial charge in [0.2, 0.25) is 0 Å². The molecule has 28 heavy (non-hydrogen) atoms. The number of aromatic amines is 2. The molecule has 0 aliphatic carbocycles. The average Bonchev–Trinajstić information content (AvgIpc) is 3.39. The lowest BCUT2D eigenvalue weighted by molar-refractivity contribution is 1.24. The molecule has 0 amide bonds. The van der Waals surface area contributed by atoms with Crippen molar-refractivity contribution in [1.29, 1.82) is 0 Å². The zero-order valence-corrected chi connectivity index (χ0v) is 16.8. The number of hydrogen-bond donors (Lipinski definition) is 2. The third-order valence-electron chi connectivity index (χ3n) is 4.66. The lowest BCUT2D eigenvalue weighted by atomic mass is 10.3. The minimum atomic E-state index is -0.464. The Hall–Kier alpha value is -2.66. The second-order valence-corrected chi connectivity index (χ2v) is 10.0. The van der Waals surface area contributed by atoms with Crippen molar-refractivity contribution in [1.82, 2.24) is 9.97 Å². The second-order valence-electron chi connectivity index (χ2n) is 6.16. The number of H-pyrrole nitrogens is 2. The smallest absolute Gasteiger partial charge is 0.261 e. The van der Waals surface area contributed by atoms with Crippen molar-refractivity contribution < 1.29 is 0 Å². The van der Waals surface area contributed by atoms with E-state index in [2.05, 4.69) is 9.97 Å². The fourth-order valence-electron chi connectivity index (χ4n) is 3.46. The summed E-state index contributed by atoms with van der Waals surface area (Å²) in [4.78, 5) is 55.1. The van der Waals surface area contributed by atoms with Crippen LogP contribution >= 0.6 is 45.3 Å². The Kier molecular flexibility index (Phi) is 3.17. The Morgan fingerprint density at radius 1 is 0.536 bits per heavy atom. The van der Waals surface area contributed by atoms with Crippen molar-refractivity contribution in [3.05, 3.63) is 64.3 Å². The van der Waals surface area contributed by atoms with Gasteiger partial charge < -0.3 is 0 Å². The molecule has 6 aromatic rings. The average molecular weight is 443 g/mol. The van der Waals surface area contributed by atoms with Gasteiger partial charge >= 0.3 is 0 Å². The maximum Gasteiger partial charge on any atom is 0.261 e. The Morgan fingerprint density at radius 3 is 1.36 bits per heavy atom. The Labute approximate surface area is 169 Å². The third-order valence-corrected chi connectivity index (χ3v) is 9.36. The van der Waals surface area contributed by atoms with Crippen LogP contribution in [0, 0.1) is 0 Å². The van der Waals surface area contributed by atoms with Crippen molar-refractivity contribution in [3.8, 4) is 0 Å². The summed E-state index contributed by atoms with van der Waals surface area (Å²) in [5.74, 6) is 0. The second kappa shape index (κ2) is 5.45. The number of hydrogen-bond acceptors (Lipinski definition) is 8. The van der Waals surface area contributed by atoms with Gasteiger partial charge in [-0.15, -0.1) is 45.3 Å². The standard InChI is InChI=1S/C18H6N2O4S4/c21-15-5-1-3-25-9(5)11-7(17(23)19-15)13-14(27-11)8-12(28-13)10-6(2-4-26-10)16(22)20-18(8)24/h1-4H,(H,19,21,23)(H,20,22,24). The van der Waals surface area contributed by atoms with E-state index in [4.69, 9.17) is 0 Å². The Balaban J connectivity index is 2.03. The topological polar surface area (TPSA) is 99.9 Å². The van der Waals surface area contributed by atoms with Crippen molar-refractivity contribution in [3.63, 3.8) is 0 Å². The maximum atomic E-state index is 12.8. The molecule has 0 aliphatic rings. The highest BCUT2D eigenvalue weighted by molar-refractivity contribution is 7.39. The SMILES string of the molecule is O=c1[nH]c(=O)c2c(sc3c2sc2c4sccc4c(=O)[nH]c(=O)c23)c2sccc12. The Morgan fingerprint density at radius 2 is 0.929 bits per heavy atom. The summed E-state index contributed by atoms with van der Waals surface area (Å²) in [7, 11) is 0. The highest BCUT2D eigenvalue weighted by Gasteiger charge is 2.21. The van der Waals surface area contributed by atoms with Crippen molar-refractivity contribution in [2.75, 3.05) is 0 Å². The van der Waals surface area contributed by atoms with Gasteiger partial charge in [0.1, 0.15) is 0 Å². The summed E-state index contributed by atoms with van der Waals surface area (Å²) >= 11 is 5.41. The molecule has 0 fully saturated rings. The van der Waals surface area contributed by atoms with Gasteiger partial charge in [-0.25, -0.2) is 0 Å². The van der Waals surface area contributed by atoms with Crippen molar-refractivity contribution in [2.24, 2.45) is 0 Å². The number of thiophene rings is 4. The van der Waals surface area contributed by atoms with Gasteiger partial charge in [-0.1, -0.05) is 0 Å². The van der Waals surface area contributed by atoms with E-state index in [1.54, 1.807) is 22.9 Å². The molecule has 0 saturated carbocycles. The van der Waals surface area contributed by atoms with Crippen molar-refractivity contribution >= 4 is 95.1 Å². The van der Waals surface area contributed by atoms with E-state index in [0.717, 1.165) is 9.40 Å². The van der Waals surface area contributed by atoms with Crippen LogP contribution in [-0.2, 0) is 0 Å². The summed E-state index contributed by atoms with van der Waals surface area (Å²) in [6.45, 7) is 0. The van der Waals surface area contributed by atoms with Crippen LogP contribution in [0.15, 0.2) is 42.1 Å². The fourth-order valence-corrected chi connectivity index (χ4v) is 8.44. The Bertz CT molecular complexity index is 1730. The molecular formula is C18H6N2O4S4. The number of nitrogens with one attached hydrogen (secondary N) is 2. The molecule has 6 aromatic heterocycles. The van der Waals surface area contributed by atoms with Crippen LogP contribution in [0.3, 0.4) is 0 Å². The van der Waals surface area contributed by atoms with Gasteiger partial charge in [0.15, 0.2) is 0 Å². The molecule has 0 saturated heterocycles. The van der Waals surface area contributed by atoms with E-state index >= 15 is 0 Å². The van der Waals surface area contributed by atoms with Gasteiger partial charge in [0, 0.05) is 0 Å². The summed E-state index contributed by atoms with van der Waals surface area (Å²) in [5, 5.41) is 5.37. The molecular weight excluding hydrogens is 436 g/mol. The largest absolute Gasteiger partial charge is 0.288 e. The molecule has 0 bridgehead atoms. The van der Waals surface area contributed by atoms with Gasteiger partial charge in [-0.3, -0.25) is 29.1 Å². The molecule has 0 aromatic carbocycles. The zero-order valence-electron chi connectivity index (χ0n) is 13.6.